The van der Waals surface area contributed by atoms with Gasteiger partial charge < -0.3 is 4.74 Å². The Hall–Kier alpha value is -1.31. The highest BCUT2D eigenvalue weighted by molar-refractivity contribution is 5.69. The van der Waals surface area contributed by atoms with E-state index in [0.29, 0.717) is 13.0 Å². The van der Waals surface area contributed by atoms with Crippen LogP contribution < -0.4 is 0 Å². The van der Waals surface area contributed by atoms with Crippen LogP contribution in [0.15, 0.2) is 36.5 Å². The molecule has 0 aromatic heterocycles. The first-order valence-corrected chi connectivity index (χ1v) is 6.50. The van der Waals surface area contributed by atoms with Crippen molar-refractivity contribution in [1.82, 2.24) is 0 Å². The van der Waals surface area contributed by atoms with Gasteiger partial charge in [-0.05, 0) is 38.5 Å². The van der Waals surface area contributed by atoms with Crippen molar-refractivity contribution in [2.75, 3.05) is 6.61 Å². The summed E-state index contributed by atoms with van der Waals surface area (Å²) in [5, 5.41) is 0. The van der Waals surface area contributed by atoms with Crippen molar-refractivity contribution in [3.8, 4) is 0 Å². The first-order chi connectivity index (χ1) is 8.39. The molecule has 0 amide bonds. The highest BCUT2D eigenvalue weighted by atomic mass is 16.5. The molecule has 0 saturated heterocycles. The molecule has 2 heteroatoms. The smallest absolute Gasteiger partial charge is 0.305 e. The van der Waals surface area contributed by atoms with E-state index >= 15 is 0 Å². The Labute approximate surface area is 104 Å². The summed E-state index contributed by atoms with van der Waals surface area (Å²) in [6, 6.07) is 0. The second kappa shape index (κ2) is 9.88. The molecule has 0 fully saturated rings. The van der Waals surface area contributed by atoms with Crippen LogP contribution in [0.2, 0.25) is 0 Å². The van der Waals surface area contributed by atoms with Crippen molar-refractivity contribution >= 4 is 5.97 Å². The van der Waals surface area contributed by atoms with Gasteiger partial charge in [0, 0.05) is 6.42 Å². The summed E-state index contributed by atoms with van der Waals surface area (Å²) in [6.45, 7) is 0.513. The first-order valence-electron chi connectivity index (χ1n) is 6.50. The lowest BCUT2D eigenvalue weighted by Crippen LogP contribution is -2.04. The molecule has 0 saturated carbocycles. The Morgan fingerprint density at radius 3 is 2.24 bits per heavy atom. The highest BCUT2D eigenvalue weighted by Crippen LogP contribution is 2.04. The predicted molar refractivity (Wildman–Crippen MR) is 70.7 cm³/mol. The molecule has 0 aromatic rings. The van der Waals surface area contributed by atoms with Crippen molar-refractivity contribution in [1.29, 1.82) is 0 Å². The molecule has 0 atom stereocenters. The van der Waals surface area contributed by atoms with Crippen LogP contribution in [0.5, 0.6) is 0 Å². The number of hydrogen-bond acceptors (Lipinski definition) is 2. The minimum atomic E-state index is -0.0608. The molecule has 0 aliphatic carbocycles. The normalized spacial score (nSPS) is 25.8. The molecule has 0 spiro atoms. The third kappa shape index (κ3) is 8.49. The lowest BCUT2D eigenvalue weighted by Gasteiger charge is -2.02. The Kier molecular flexibility index (Phi) is 8.00. The summed E-state index contributed by atoms with van der Waals surface area (Å²) in [7, 11) is 0. The number of carbonyl (C=O) groups excluding carboxylic acids is 1. The molecular weight excluding hydrogens is 212 g/mol. The van der Waals surface area contributed by atoms with E-state index in [-0.39, 0.29) is 5.97 Å². The molecule has 94 valence electrons. The Balaban J connectivity index is 2.33. The van der Waals surface area contributed by atoms with Gasteiger partial charge in [0.05, 0.1) is 6.61 Å². The summed E-state index contributed by atoms with van der Waals surface area (Å²) in [6.07, 6.45) is 19.3. The van der Waals surface area contributed by atoms with E-state index in [1.54, 1.807) is 0 Å². The van der Waals surface area contributed by atoms with Crippen LogP contribution >= 0.6 is 0 Å². The summed E-state index contributed by atoms with van der Waals surface area (Å²) < 4.78 is 5.12. The Morgan fingerprint density at radius 1 is 0.824 bits per heavy atom. The molecule has 0 unspecified atom stereocenters. The average molecular weight is 234 g/mol. The quantitative estimate of drug-likeness (QED) is 0.468. The minimum Gasteiger partial charge on any atom is -0.465 e. The second-order valence-corrected chi connectivity index (χ2v) is 4.14. The van der Waals surface area contributed by atoms with E-state index < -0.39 is 0 Å². The minimum absolute atomic E-state index is 0.0608. The molecular formula is C15H22O2. The van der Waals surface area contributed by atoms with E-state index in [0.717, 1.165) is 38.5 Å². The van der Waals surface area contributed by atoms with Crippen LogP contribution in [0.3, 0.4) is 0 Å². The van der Waals surface area contributed by atoms with Gasteiger partial charge in [0.1, 0.15) is 0 Å². The zero-order valence-electron chi connectivity index (χ0n) is 10.4. The fourth-order valence-corrected chi connectivity index (χ4v) is 1.62. The van der Waals surface area contributed by atoms with Gasteiger partial charge in [-0.15, -0.1) is 0 Å². The highest BCUT2D eigenvalue weighted by Gasteiger charge is 2.00. The van der Waals surface area contributed by atoms with Gasteiger partial charge in [-0.25, -0.2) is 0 Å². The maximum atomic E-state index is 11.3. The van der Waals surface area contributed by atoms with Crippen LogP contribution in [0.4, 0.5) is 0 Å². The van der Waals surface area contributed by atoms with Gasteiger partial charge in [0.15, 0.2) is 0 Å². The number of ether oxygens (including phenoxy) is 1. The van der Waals surface area contributed by atoms with Gasteiger partial charge in [0.25, 0.3) is 0 Å². The maximum Gasteiger partial charge on any atom is 0.305 e. The van der Waals surface area contributed by atoms with Gasteiger partial charge in [-0.2, -0.15) is 0 Å². The molecule has 2 nitrogen and oxygen atoms in total. The predicted octanol–water partition coefficient (Wildman–Crippen LogP) is 3.94. The number of rotatable bonds is 0. The van der Waals surface area contributed by atoms with Gasteiger partial charge in [-0.1, -0.05) is 36.5 Å². The number of allylic oxidation sites excluding steroid dienone is 5. The second-order valence-electron chi connectivity index (χ2n) is 4.14. The monoisotopic (exact) mass is 234 g/mol. The summed E-state index contributed by atoms with van der Waals surface area (Å²) >= 11 is 0. The third-order valence-electron chi connectivity index (χ3n) is 2.59. The maximum absolute atomic E-state index is 11.3. The van der Waals surface area contributed by atoms with E-state index in [2.05, 4.69) is 36.5 Å². The van der Waals surface area contributed by atoms with Gasteiger partial charge in [-0.3, -0.25) is 4.79 Å². The summed E-state index contributed by atoms with van der Waals surface area (Å²) in [5.41, 5.74) is 0. The molecule has 0 N–H and O–H groups in total. The molecule has 1 aliphatic rings. The largest absolute Gasteiger partial charge is 0.465 e. The van der Waals surface area contributed by atoms with E-state index in [1.165, 1.54) is 0 Å². The summed E-state index contributed by atoms with van der Waals surface area (Å²) in [4.78, 5) is 11.3. The van der Waals surface area contributed by atoms with Crippen LogP contribution in [0.1, 0.15) is 44.9 Å². The standard InChI is InChI=1S/C15H22O2/c16-15-13-11-9-7-5-3-1-2-4-6-8-10-12-14-17-15/h2-5,8,10H,1,6-7,9,11-14H2/b4-2+,5-3+,10-8+. The third-order valence-corrected chi connectivity index (χ3v) is 2.59. The number of esters is 1. The molecule has 0 bridgehead atoms. The van der Waals surface area contributed by atoms with Crippen LogP contribution in [-0.2, 0) is 9.53 Å². The summed E-state index contributed by atoms with van der Waals surface area (Å²) in [5.74, 6) is -0.0608. The van der Waals surface area contributed by atoms with E-state index in [4.69, 9.17) is 4.74 Å². The Morgan fingerprint density at radius 2 is 1.47 bits per heavy atom. The van der Waals surface area contributed by atoms with Gasteiger partial charge >= 0.3 is 5.97 Å². The number of cyclic esters (lactones) is 1. The van der Waals surface area contributed by atoms with Crippen molar-refractivity contribution < 1.29 is 9.53 Å². The molecule has 0 radical (unpaired) electrons. The first kappa shape index (κ1) is 13.8. The van der Waals surface area contributed by atoms with Crippen LogP contribution in [-0.4, -0.2) is 12.6 Å². The van der Waals surface area contributed by atoms with Crippen LogP contribution in [0.25, 0.3) is 0 Å². The van der Waals surface area contributed by atoms with E-state index in [9.17, 15) is 4.79 Å². The lowest BCUT2D eigenvalue weighted by molar-refractivity contribution is -0.143. The molecule has 1 rings (SSSR count). The Bertz CT molecular complexity index is 287. The van der Waals surface area contributed by atoms with Crippen molar-refractivity contribution in [3.05, 3.63) is 36.5 Å². The molecule has 0 aromatic carbocycles. The van der Waals surface area contributed by atoms with E-state index in [1.807, 2.05) is 0 Å². The van der Waals surface area contributed by atoms with Crippen molar-refractivity contribution in [2.45, 2.75) is 44.9 Å². The number of hydrogen-bond donors (Lipinski definition) is 0. The fraction of sp³-hybridized carbons (Fsp3) is 0.533. The topological polar surface area (TPSA) is 26.3 Å². The molecule has 1 heterocycles. The molecule has 1 aliphatic heterocycles. The molecule has 17 heavy (non-hydrogen) atoms. The van der Waals surface area contributed by atoms with Gasteiger partial charge in [0.2, 0.25) is 0 Å². The zero-order chi connectivity index (χ0) is 12.2. The SMILES string of the molecule is O=C1CCCC/C=C/C/C=C/C/C=C/CCO1. The van der Waals surface area contributed by atoms with Crippen molar-refractivity contribution in [3.63, 3.8) is 0 Å². The number of carbonyl (C=O) groups is 1. The fourth-order valence-electron chi connectivity index (χ4n) is 1.62. The average Bonchev–Trinajstić information content (AvgIpc) is 2.32. The zero-order valence-corrected chi connectivity index (χ0v) is 10.4. The lowest BCUT2D eigenvalue weighted by atomic mass is 10.2. The van der Waals surface area contributed by atoms with Crippen molar-refractivity contribution in [2.24, 2.45) is 0 Å². The van der Waals surface area contributed by atoms with Crippen LogP contribution in [0, 0.1) is 0 Å².